The van der Waals surface area contributed by atoms with E-state index in [-0.39, 0.29) is 35.2 Å². The molecule has 1 aromatic heterocycles. The molecule has 0 spiro atoms. The van der Waals surface area contributed by atoms with Crippen LogP contribution in [-0.4, -0.2) is 52.0 Å². The number of piperidine rings is 1. The van der Waals surface area contributed by atoms with Gasteiger partial charge in [-0.25, -0.2) is 4.98 Å². The van der Waals surface area contributed by atoms with E-state index in [0.29, 0.717) is 13.1 Å². The molecule has 0 aromatic carbocycles. The van der Waals surface area contributed by atoms with Gasteiger partial charge in [-0.1, -0.05) is 0 Å². The number of likely N-dealkylation sites (tertiary alicyclic amines) is 1. The van der Waals surface area contributed by atoms with Crippen LogP contribution in [-0.2, 0) is 4.79 Å². The van der Waals surface area contributed by atoms with Crippen molar-refractivity contribution in [3.63, 3.8) is 0 Å². The van der Waals surface area contributed by atoms with Crippen LogP contribution in [0.1, 0.15) is 37.0 Å². The Morgan fingerprint density at radius 1 is 1.39 bits per heavy atom. The topological polar surface area (TPSA) is 109 Å². The fourth-order valence-corrected chi connectivity index (χ4v) is 2.88. The first-order valence-electron chi connectivity index (χ1n) is 7.89. The van der Waals surface area contributed by atoms with Crippen molar-refractivity contribution in [2.45, 2.75) is 38.8 Å². The zero-order chi connectivity index (χ0) is 17.0. The summed E-state index contributed by atoms with van der Waals surface area (Å²) in [6.45, 7) is 4.95. The molecule has 7 nitrogen and oxygen atoms in total. The maximum atomic E-state index is 12.2. The number of pyridine rings is 1. The highest BCUT2D eigenvalue weighted by atomic mass is 16.3. The molecule has 2 rings (SSSR count). The molecular weight excluding hydrogens is 296 g/mol. The lowest BCUT2D eigenvalue weighted by molar-refractivity contribution is -0.133. The van der Waals surface area contributed by atoms with E-state index in [1.54, 1.807) is 17.9 Å². The van der Waals surface area contributed by atoms with Crippen molar-refractivity contribution < 1.29 is 14.7 Å². The highest BCUT2D eigenvalue weighted by Crippen LogP contribution is 2.22. The molecule has 2 atom stereocenters. The van der Waals surface area contributed by atoms with Gasteiger partial charge < -0.3 is 21.1 Å². The van der Waals surface area contributed by atoms with E-state index in [1.807, 2.05) is 6.92 Å². The summed E-state index contributed by atoms with van der Waals surface area (Å²) in [5.41, 5.74) is 5.80. The second-order valence-electron chi connectivity index (χ2n) is 6.09. The summed E-state index contributed by atoms with van der Waals surface area (Å²) in [7, 11) is 0. The van der Waals surface area contributed by atoms with Crippen LogP contribution in [0.4, 0.5) is 0 Å². The van der Waals surface area contributed by atoms with Gasteiger partial charge in [0.25, 0.3) is 5.91 Å². The van der Waals surface area contributed by atoms with Gasteiger partial charge in [-0.3, -0.25) is 9.59 Å². The number of nitrogens with two attached hydrogens (primary N) is 1. The van der Waals surface area contributed by atoms with Gasteiger partial charge in [-0.2, -0.15) is 0 Å². The zero-order valence-corrected chi connectivity index (χ0v) is 13.5. The third-order valence-corrected chi connectivity index (χ3v) is 4.34. The second kappa shape index (κ2) is 7.41. The summed E-state index contributed by atoms with van der Waals surface area (Å²) in [6, 6.07) is 2.62. The minimum Gasteiger partial charge on any atom is -0.493 e. The number of hydrogen-bond acceptors (Lipinski definition) is 5. The van der Waals surface area contributed by atoms with Crippen LogP contribution in [0, 0.1) is 5.92 Å². The molecule has 1 aliphatic rings. The van der Waals surface area contributed by atoms with Crippen LogP contribution < -0.4 is 11.1 Å². The van der Waals surface area contributed by atoms with E-state index in [2.05, 4.69) is 10.3 Å². The minimum atomic E-state index is -0.475. The average Bonchev–Trinajstić information content (AvgIpc) is 2.54. The molecule has 4 N–H and O–H groups in total. The SMILES string of the molecule is CC(N)C(=O)N1CCC(C(C)NC(=O)c2cccnc2O)CC1. The van der Waals surface area contributed by atoms with Crippen LogP contribution in [0.3, 0.4) is 0 Å². The van der Waals surface area contributed by atoms with Gasteiger partial charge in [0.15, 0.2) is 0 Å². The number of nitrogens with zero attached hydrogens (tertiary/aromatic N) is 2. The molecule has 1 aromatic rings. The molecule has 0 bridgehead atoms. The molecule has 7 heteroatoms. The van der Waals surface area contributed by atoms with Crippen molar-refractivity contribution in [3.8, 4) is 5.88 Å². The molecule has 2 unspecified atom stereocenters. The predicted molar refractivity (Wildman–Crippen MR) is 85.8 cm³/mol. The van der Waals surface area contributed by atoms with E-state index >= 15 is 0 Å². The van der Waals surface area contributed by atoms with Gasteiger partial charge in [0.2, 0.25) is 11.8 Å². The normalized spacial score (nSPS) is 18.3. The van der Waals surface area contributed by atoms with Gasteiger partial charge in [0, 0.05) is 25.3 Å². The third-order valence-electron chi connectivity index (χ3n) is 4.34. The number of aromatic hydroxyl groups is 1. The largest absolute Gasteiger partial charge is 0.493 e. The number of carbonyl (C=O) groups is 2. The molecule has 2 heterocycles. The molecule has 0 saturated carbocycles. The Morgan fingerprint density at radius 3 is 2.61 bits per heavy atom. The Kier molecular flexibility index (Phi) is 5.54. The highest BCUT2D eigenvalue weighted by Gasteiger charge is 2.28. The summed E-state index contributed by atoms with van der Waals surface area (Å²) in [5.74, 6) is -0.345. The van der Waals surface area contributed by atoms with Crippen molar-refractivity contribution in [3.05, 3.63) is 23.9 Å². The number of carbonyl (C=O) groups excluding carboxylic acids is 2. The fraction of sp³-hybridized carbons (Fsp3) is 0.562. The Bertz CT molecular complexity index is 568. The number of rotatable bonds is 4. The maximum absolute atomic E-state index is 12.2. The van der Waals surface area contributed by atoms with E-state index in [4.69, 9.17) is 5.73 Å². The summed E-state index contributed by atoms with van der Waals surface area (Å²) in [6.07, 6.45) is 3.07. The Labute approximate surface area is 135 Å². The quantitative estimate of drug-likeness (QED) is 0.748. The van der Waals surface area contributed by atoms with Crippen molar-refractivity contribution in [1.82, 2.24) is 15.2 Å². The Morgan fingerprint density at radius 2 is 2.04 bits per heavy atom. The molecule has 126 valence electrons. The number of amides is 2. The second-order valence-corrected chi connectivity index (χ2v) is 6.09. The van der Waals surface area contributed by atoms with E-state index in [0.717, 1.165) is 12.8 Å². The number of aromatic nitrogens is 1. The molecule has 0 aliphatic carbocycles. The van der Waals surface area contributed by atoms with Crippen molar-refractivity contribution in [2.75, 3.05) is 13.1 Å². The maximum Gasteiger partial charge on any atom is 0.256 e. The van der Waals surface area contributed by atoms with Gasteiger partial charge in [0.05, 0.1) is 6.04 Å². The van der Waals surface area contributed by atoms with Crippen LogP contribution in [0.15, 0.2) is 18.3 Å². The van der Waals surface area contributed by atoms with Gasteiger partial charge in [-0.15, -0.1) is 0 Å². The van der Waals surface area contributed by atoms with E-state index in [1.165, 1.54) is 12.3 Å². The fourth-order valence-electron chi connectivity index (χ4n) is 2.88. The predicted octanol–water partition coefficient (Wildman–Crippen LogP) is 0.491. The van der Waals surface area contributed by atoms with Crippen molar-refractivity contribution in [1.29, 1.82) is 0 Å². The summed E-state index contributed by atoms with van der Waals surface area (Å²) in [4.78, 5) is 29.5. The third kappa shape index (κ3) is 4.19. The van der Waals surface area contributed by atoms with Gasteiger partial charge in [-0.05, 0) is 44.7 Å². The van der Waals surface area contributed by atoms with Crippen molar-refractivity contribution >= 4 is 11.8 Å². The number of nitrogens with one attached hydrogen (secondary N) is 1. The van der Waals surface area contributed by atoms with Crippen molar-refractivity contribution in [2.24, 2.45) is 11.7 Å². The monoisotopic (exact) mass is 320 g/mol. The highest BCUT2D eigenvalue weighted by molar-refractivity contribution is 5.96. The molecule has 1 aliphatic heterocycles. The molecule has 1 saturated heterocycles. The smallest absolute Gasteiger partial charge is 0.256 e. The molecule has 1 fully saturated rings. The first kappa shape index (κ1) is 17.2. The average molecular weight is 320 g/mol. The zero-order valence-electron chi connectivity index (χ0n) is 13.5. The number of hydrogen-bond donors (Lipinski definition) is 3. The lowest BCUT2D eigenvalue weighted by atomic mass is 9.90. The molecule has 2 amide bonds. The lowest BCUT2D eigenvalue weighted by Crippen LogP contribution is -2.49. The minimum absolute atomic E-state index is 0.0274. The standard InChI is InChI=1S/C16H24N4O3/c1-10(17)16(23)20-8-5-12(6-9-20)11(2)19-15(22)13-4-3-7-18-14(13)21/h3-4,7,10-12H,5-6,8-9,17H2,1-2H3,(H,18,21)(H,19,22). The van der Waals surface area contributed by atoms with Crippen LogP contribution in [0.5, 0.6) is 5.88 Å². The first-order valence-corrected chi connectivity index (χ1v) is 7.89. The molecule has 23 heavy (non-hydrogen) atoms. The summed E-state index contributed by atoms with van der Waals surface area (Å²) in [5, 5.41) is 12.5. The Balaban J connectivity index is 1.88. The first-order chi connectivity index (χ1) is 10.9. The van der Waals surface area contributed by atoms with Gasteiger partial charge >= 0.3 is 0 Å². The van der Waals surface area contributed by atoms with Gasteiger partial charge in [0.1, 0.15) is 5.56 Å². The van der Waals surface area contributed by atoms with Crippen LogP contribution in [0.2, 0.25) is 0 Å². The lowest BCUT2D eigenvalue weighted by Gasteiger charge is -2.35. The van der Waals surface area contributed by atoms with E-state index in [9.17, 15) is 14.7 Å². The molecular formula is C16H24N4O3. The summed E-state index contributed by atoms with van der Waals surface area (Å²) < 4.78 is 0. The molecule has 0 radical (unpaired) electrons. The van der Waals surface area contributed by atoms with Crippen LogP contribution >= 0.6 is 0 Å². The Hall–Kier alpha value is -2.15. The summed E-state index contributed by atoms with van der Waals surface area (Å²) >= 11 is 0. The van der Waals surface area contributed by atoms with E-state index < -0.39 is 6.04 Å². The van der Waals surface area contributed by atoms with Crippen LogP contribution in [0.25, 0.3) is 0 Å².